The molecular formula is C15H14BrFN2S. The Balaban J connectivity index is 2.07. The molecule has 0 spiro atoms. The predicted octanol–water partition coefficient (Wildman–Crippen LogP) is 5.01. The molecule has 0 saturated carbocycles. The van der Waals surface area contributed by atoms with Gasteiger partial charge in [-0.1, -0.05) is 6.07 Å². The maximum Gasteiger partial charge on any atom is 0.175 e. The van der Waals surface area contributed by atoms with Crippen molar-refractivity contribution >= 4 is 44.6 Å². The van der Waals surface area contributed by atoms with E-state index in [1.54, 1.807) is 19.1 Å². The van der Waals surface area contributed by atoms with E-state index in [2.05, 4.69) is 26.6 Å². The van der Waals surface area contributed by atoms with Crippen LogP contribution >= 0.6 is 28.1 Å². The minimum atomic E-state index is -0.226. The van der Waals surface area contributed by atoms with Crippen molar-refractivity contribution in [2.24, 2.45) is 0 Å². The Morgan fingerprint density at radius 1 is 1.10 bits per heavy atom. The van der Waals surface area contributed by atoms with Gasteiger partial charge in [-0.15, -0.1) is 0 Å². The van der Waals surface area contributed by atoms with Crippen LogP contribution in [0.3, 0.4) is 0 Å². The third-order valence-corrected chi connectivity index (χ3v) is 3.65. The normalized spacial score (nSPS) is 10.2. The first-order valence-electron chi connectivity index (χ1n) is 6.06. The van der Waals surface area contributed by atoms with E-state index >= 15 is 0 Å². The monoisotopic (exact) mass is 352 g/mol. The molecule has 2 aromatic carbocycles. The minimum absolute atomic E-state index is 0.226. The Morgan fingerprint density at radius 3 is 2.50 bits per heavy atom. The number of nitrogens with one attached hydrogen (secondary N) is 2. The van der Waals surface area contributed by atoms with E-state index in [4.69, 9.17) is 12.2 Å². The average molecular weight is 353 g/mol. The summed E-state index contributed by atoms with van der Waals surface area (Å²) in [6, 6.07) is 10.7. The van der Waals surface area contributed by atoms with Crippen LogP contribution in [0, 0.1) is 19.7 Å². The first-order valence-corrected chi connectivity index (χ1v) is 7.26. The number of halogens is 2. The lowest BCUT2D eigenvalue weighted by molar-refractivity contribution is 0.619. The van der Waals surface area contributed by atoms with Crippen LogP contribution in [-0.4, -0.2) is 5.11 Å². The van der Waals surface area contributed by atoms with E-state index in [0.717, 1.165) is 21.4 Å². The molecule has 0 unspecified atom stereocenters. The van der Waals surface area contributed by atoms with E-state index in [1.165, 1.54) is 6.07 Å². The lowest BCUT2D eigenvalue weighted by Gasteiger charge is -2.13. The van der Waals surface area contributed by atoms with Gasteiger partial charge in [0.2, 0.25) is 0 Å². The Labute approximate surface area is 131 Å². The third kappa shape index (κ3) is 3.77. The van der Waals surface area contributed by atoms with Gasteiger partial charge in [0, 0.05) is 10.2 Å². The van der Waals surface area contributed by atoms with E-state index in [-0.39, 0.29) is 5.82 Å². The number of anilines is 2. The van der Waals surface area contributed by atoms with Crippen LogP contribution < -0.4 is 10.6 Å². The summed E-state index contributed by atoms with van der Waals surface area (Å²) < 4.78 is 14.1. The maximum absolute atomic E-state index is 13.2. The highest BCUT2D eigenvalue weighted by molar-refractivity contribution is 9.10. The summed E-state index contributed by atoms with van der Waals surface area (Å²) in [5.74, 6) is -0.226. The number of rotatable bonds is 2. The summed E-state index contributed by atoms with van der Waals surface area (Å²) in [6.45, 7) is 3.74. The SMILES string of the molecule is Cc1ccc(NC(=S)Nc2ccc(F)c(C)c2)c(Br)c1. The molecule has 0 heterocycles. The van der Waals surface area contributed by atoms with Crippen molar-refractivity contribution in [3.8, 4) is 0 Å². The summed E-state index contributed by atoms with van der Waals surface area (Å²) in [6.07, 6.45) is 0. The van der Waals surface area contributed by atoms with Crippen LogP contribution in [0.4, 0.5) is 15.8 Å². The summed E-state index contributed by atoms with van der Waals surface area (Å²) in [5.41, 5.74) is 3.38. The molecule has 104 valence electrons. The fourth-order valence-corrected chi connectivity index (χ4v) is 2.55. The molecule has 2 N–H and O–H groups in total. The zero-order valence-corrected chi connectivity index (χ0v) is 13.5. The number of benzene rings is 2. The first kappa shape index (κ1) is 14.9. The number of thiocarbonyl (C=S) groups is 1. The topological polar surface area (TPSA) is 24.1 Å². The van der Waals surface area contributed by atoms with Crippen molar-refractivity contribution in [1.82, 2.24) is 0 Å². The molecule has 5 heteroatoms. The maximum atomic E-state index is 13.2. The number of hydrogen-bond acceptors (Lipinski definition) is 1. The lowest BCUT2D eigenvalue weighted by atomic mass is 10.2. The van der Waals surface area contributed by atoms with Crippen LogP contribution in [0.15, 0.2) is 40.9 Å². The van der Waals surface area contributed by atoms with Gasteiger partial charge in [0.15, 0.2) is 5.11 Å². The van der Waals surface area contributed by atoms with Gasteiger partial charge in [-0.2, -0.15) is 0 Å². The molecule has 0 aliphatic rings. The third-order valence-electron chi connectivity index (χ3n) is 2.79. The summed E-state index contributed by atoms with van der Waals surface area (Å²) >= 11 is 8.73. The van der Waals surface area contributed by atoms with E-state index in [1.807, 2.05) is 25.1 Å². The van der Waals surface area contributed by atoms with Gasteiger partial charge >= 0.3 is 0 Å². The van der Waals surface area contributed by atoms with Crippen molar-refractivity contribution < 1.29 is 4.39 Å². The second kappa shape index (κ2) is 6.33. The van der Waals surface area contributed by atoms with Crippen molar-refractivity contribution in [2.45, 2.75) is 13.8 Å². The summed E-state index contributed by atoms with van der Waals surface area (Å²) in [5, 5.41) is 6.59. The van der Waals surface area contributed by atoms with Crippen LogP contribution in [-0.2, 0) is 0 Å². The van der Waals surface area contributed by atoms with Crippen molar-refractivity contribution in [2.75, 3.05) is 10.6 Å². The van der Waals surface area contributed by atoms with E-state index in [9.17, 15) is 4.39 Å². The highest BCUT2D eigenvalue weighted by Gasteiger charge is 2.04. The summed E-state index contributed by atoms with van der Waals surface area (Å²) in [4.78, 5) is 0. The molecule has 20 heavy (non-hydrogen) atoms. The van der Waals surface area contributed by atoms with Crippen molar-refractivity contribution in [3.05, 3.63) is 57.8 Å². The fraction of sp³-hybridized carbons (Fsp3) is 0.133. The molecule has 0 aromatic heterocycles. The molecule has 2 aromatic rings. The average Bonchev–Trinajstić information content (AvgIpc) is 2.37. The second-order valence-corrected chi connectivity index (χ2v) is 5.79. The Bertz CT molecular complexity index is 658. The van der Waals surface area contributed by atoms with E-state index in [0.29, 0.717) is 10.7 Å². The Morgan fingerprint density at radius 2 is 1.85 bits per heavy atom. The number of aryl methyl sites for hydroxylation is 2. The fourth-order valence-electron chi connectivity index (χ4n) is 1.73. The Kier molecular flexibility index (Phi) is 4.73. The molecule has 0 bridgehead atoms. The predicted molar refractivity (Wildman–Crippen MR) is 89.9 cm³/mol. The van der Waals surface area contributed by atoms with E-state index < -0.39 is 0 Å². The molecule has 0 aliphatic heterocycles. The van der Waals surface area contributed by atoms with Crippen LogP contribution in [0.1, 0.15) is 11.1 Å². The molecule has 0 radical (unpaired) electrons. The van der Waals surface area contributed by atoms with Gasteiger partial charge in [-0.25, -0.2) is 4.39 Å². The Hall–Kier alpha value is -1.46. The largest absolute Gasteiger partial charge is 0.332 e. The highest BCUT2D eigenvalue weighted by atomic mass is 79.9. The molecule has 0 aliphatic carbocycles. The smallest absolute Gasteiger partial charge is 0.175 e. The molecule has 0 fully saturated rings. The van der Waals surface area contributed by atoms with Crippen LogP contribution in [0.5, 0.6) is 0 Å². The van der Waals surface area contributed by atoms with Gasteiger partial charge in [0.1, 0.15) is 5.82 Å². The van der Waals surface area contributed by atoms with Gasteiger partial charge < -0.3 is 10.6 Å². The second-order valence-electron chi connectivity index (χ2n) is 4.53. The van der Waals surface area contributed by atoms with Gasteiger partial charge in [-0.3, -0.25) is 0 Å². The summed E-state index contributed by atoms with van der Waals surface area (Å²) in [7, 11) is 0. The first-order chi connectivity index (χ1) is 9.45. The van der Waals surface area contributed by atoms with Gasteiger partial charge in [-0.05, 0) is 83.5 Å². The lowest BCUT2D eigenvalue weighted by Crippen LogP contribution is -2.19. The van der Waals surface area contributed by atoms with Gasteiger partial charge in [0.25, 0.3) is 0 Å². The molecular weight excluding hydrogens is 339 g/mol. The van der Waals surface area contributed by atoms with Crippen molar-refractivity contribution in [1.29, 1.82) is 0 Å². The number of hydrogen-bond donors (Lipinski definition) is 2. The van der Waals surface area contributed by atoms with Crippen LogP contribution in [0.2, 0.25) is 0 Å². The zero-order chi connectivity index (χ0) is 14.7. The molecule has 0 amide bonds. The minimum Gasteiger partial charge on any atom is -0.332 e. The standard InChI is InChI=1S/C15H14BrFN2S/c1-9-3-6-14(12(16)7-9)19-15(20)18-11-4-5-13(17)10(2)8-11/h3-8H,1-2H3,(H2,18,19,20). The van der Waals surface area contributed by atoms with Crippen LogP contribution in [0.25, 0.3) is 0 Å². The quantitative estimate of drug-likeness (QED) is 0.742. The highest BCUT2D eigenvalue weighted by Crippen LogP contribution is 2.23. The molecule has 0 saturated heterocycles. The molecule has 2 nitrogen and oxygen atoms in total. The van der Waals surface area contributed by atoms with Crippen molar-refractivity contribution in [3.63, 3.8) is 0 Å². The molecule has 0 atom stereocenters. The molecule has 2 rings (SSSR count). The van der Waals surface area contributed by atoms with Gasteiger partial charge in [0.05, 0.1) is 5.69 Å². The zero-order valence-electron chi connectivity index (χ0n) is 11.1.